The van der Waals surface area contributed by atoms with E-state index in [0.717, 1.165) is 45.3 Å². The lowest BCUT2D eigenvalue weighted by atomic mass is 9.98. The van der Waals surface area contributed by atoms with Crippen LogP contribution in [0.1, 0.15) is 32.6 Å². The highest BCUT2D eigenvalue weighted by Crippen LogP contribution is 2.14. The van der Waals surface area contributed by atoms with E-state index in [-0.39, 0.29) is 0 Å². The summed E-state index contributed by atoms with van der Waals surface area (Å²) in [5, 5.41) is 8.77. The van der Waals surface area contributed by atoms with Gasteiger partial charge in [0.2, 0.25) is 0 Å². The molecule has 0 aromatic carbocycles. The molecule has 0 saturated carbocycles. The molecule has 1 aliphatic rings. The summed E-state index contributed by atoms with van der Waals surface area (Å²) >= 11 is 0. The second-order valence-electron chi connectivity index (χ2n) is 4.93. The zero-order chi connectivity index (χ0) is 12.0. The van der Waals surface area contributed by atoms with Gasteiger partial charge in [-0.1, -0.05) is 0 Å². The number of hydrogen-bond donors (Lipinski definition) is 1. The van der Waals surface area contributed by atoms with Gasteiger partial charge in [-0.25, -0.2) is 0 Å². The van der Waals surface area contributed by atoms with E-state index in [1.807, 2.05) is 0 Å². The Morgan fingerprint density at radius 3 is 2.88 bits per heavy atom. The Bertz CT molecular complexity index is 247. The van der Waals surface area contributed by atoms with Crippen LogP contribution in [0.5, 0.6) is 0 Å². The summed E-state index contributed by atoms with van der Waals surface area (Å²) in [4.78, 5) is 2.42. The molecule has 0 aromatic heterocycles. The van der Waals surface area contributed by atoms with E-state index in [0.29, 0.717) is 6.10 Å². The predicted molar refractivity (Wildman–Crippen MR) is 63.9 cm³/mol. The first-order chi connectivity index (χ1) is 7.57. The van der Waals surface area contributed by atoms with Gasteiger partial charge >= 0.3 is 0 Å². The Morgan fingerprint density at radius 2 is 2.31 bits per heavy atom. The van der Waals surface area contributed by atoms with Crippen molar-refractivity contribution >= 4 is 0 Å². The minimum Gasteiger partial charge on any atom is -0.380 e. The fourth-order valence-corrected chi connectivity index (χ4v) is 2.08. The highest BCUT2D eigenvalue weighted by Gasteiger charge is 2.21. The molecule has 4 heteroatoms. The maximum atomic E-state index is 8.77. The van der Waals surface area contributed by atoms with E-state index >= 15 is 0 Å². The van der Waals surface area contributed by atoms with Crippen LogP contribution >= 0.6 is 0 Å². The zero-order valence-corrected chi connectivity index (χ0v) is 10.4. The van der Waals surface area contributed by atoms with Gasteiger partial charge in [0.25, 0.3) is 0 Å². The maximum absolute atomic E-state index is 8.77. The standard InChI is InChI=1S/C12H23N3O/c1-12(14,10-13)6-3-4-7-15-8-5-11(9-15)16-2/h11H,3-9,14H2,1-2H3. The molecule has 1 fully saturated rings. The Labute approximate surface area is 98.4 Å². The second kappa shape index (κ2) is 6.19. The van der Waals surface area contributed by atoms with Crippen LogP contribution in [-0.4, -0.2) is 43.3 Å². The highest BCUT2D eigenvalue weighted by molar-refractivity contribution is 5.00. The minimum absolute atomic E-state index is 0.416. The van der Waals surface area contributed by atoms with Crippen molar-refractivity contribution < 1.29 is 4.74 Å². The maximum Gasteiger partial charge on any atom is 0.101 e. The van der Waals surface area contributed by atoms with Gasteiger partial charge in [-0.15, -0.1) is 0 Å². The molecule has 0 aliphatic carbocycles. The topological polar surface area (TPSA) is 62.3 Å². The number of nitriles is 1. The summed E-state index contributed by atoms with van der Waals surface area (Å²) in [7, 11) is 1.78. The van der Waals surface area contributed by atoms with E-state index in [2.05, 4.69) is 11.0 Å². The molecule has 2 atom stereocenters. The van der Waals surface area contributed by atoms with Crippen LogP contribution in [0.3, 0.4) is 0 Å². The molecule has 1 heterocycles. The average molecular weight is 225 g/mol. The van der Waals surface area contributed by atoms with Gasteiger partial charge in [-0.3, -0.25) is 0 Å². The van der Waals surface area contributed by atoms with E-state index in [9.17, 15) is 0 Å². The first-order valence-electron chi connectivity index (χ1n) is 6.02. The monoisotopic (exact) mass is 225 g/mol. The van der Waals surface area contributed by atoms with Crippen LogP contribution in [0.4, 0.5) is 0 Å². The van der Waals surface area contributed by atoms with Crippen LogP contribution in [0.25, 0.3) is 0 Å². The van der Waals surface area contributed by atoms with Crippen molar-refractivity contribution in [1.29, 1.82) is 5.26 Å². The molecule has 16 heavy (non-hydrogen) atoms. The molecule has 0 spiro atoms. The summed E-state index contributed by atoms with van der Waals surface area (Å²) in [6.45, 7) is 5.08. The van der Waals surface area contributed by atoms with Gasteiger partial charge in [-0.2, -0.15) is 5.26 Å². The Balaban J connectivity index is 2.07. The number of rotatable bonds is 6. The Hall–Kier alpha value is -0.630. The van der Waals surface area contributed by atoms with Crippen LogP contribution in [0.15, 0.2) is 0 Å². The fraction of sp³-hybridized carbons (Fsp3) is 0.917. The molecule has 4 nitrogen and oxygen atoms in total. The number of nitrogens with zero attached hydrogens (tertiary/aromatic N) is 2. The van der Waals surface area contributed by atoms with E-state index in [4.69, 9.17) is 15.7 Å². The Kier molecular flexibility index (Phi) is 5.20. The normalized spacial score (nSPS) is 25.2. The van der Waals surface area contributed by atoms with Crippen molar-refractivity contribution in [3.05, 3.63) is 0 Å². The number of unbranched alkanes of at least 4 members (excludes halogenated alkanes) is 1. The summed E-state index contributed by atoms with van der Waals surface area (Å²) in [6.07, 6.45) is 4.48. The molecule has 0 radical (unpaired) electrons. The molecule has 1 rings (SSSR count). The summed E-state index contributed by atoms with van der Waals surface area (Å²) in [5.74, 6) is 0. The lowest BCUT2D eigenvalue weighted by Crippen LogP contribution is -2.34. The zero-order valence-electron chi connectivity index (χ0n) is 10.4. The van der Waals surface area contributed by atoms with Crippen molar-refractivity contribution in [2.75, 3.05) is 26.7 Å². The van der Waals surface area contributed by atoms with Gasteiger partial charge in [0.05, 0.1) is 12.2 Å². The van der Waals surface area contributed by atoms with Crippen molar-refractivity contribution in [3.63, 3.8) is 0 Å². The highest BCUT2D eigenvalue weighted by atomic mass is 16.5. The molecular weight excluding hydrogens is 202 g/mol. The van der Waals surface area contributed by atoms with Crippen molar-refractivity contribution in [2.24, 2.45) is 5.73 Å². The third-order valence-corrected chi connectivity index (χ3v) is 3.24. The summed E-state index contributed by atoms with van der Waals surface area (Å²) in [5.41, 5.74) is 5.11. The van der Waals surface area contributed by atoms with Crippen LogP contribution in [0.2, 0.25) is 0 Å². The summed E-state index contributed by atoms with van der Waals surface area (Å²) < 4.78 is 5.31. The van der Waals surface area contributed by atoms with Gasteiger partial charge in [0, 0.05) is 20.2 Å². The lowest BCUT2D eigenvalue weighted by Gasteiger charge is -2.18. The summed E-state index contributed by atoms with van der Waals surface area (Å²) in [6, 6.07) is 2.13. The van der Waals surface area contributed by atoms with Crippen molar-refractivity contribution in [2.45, 2.75) is 44.2 Å². The largest absolute Gasteiger partial charge is 0.380 e. The Morgan fingerprint density at radius 1 is 1.56 bits per heavy atom. The third kappa shape index (κ3) is 4.48. The number of likely N-dealkylation sites (tertiary alicyclic amines) is 1. The van der Waals surface area contributed by atoms with Gasteiger partial charge in [0.15, 0.2) is 0 Å². The molecule has 0 aromatic rings. The quantitative estimate of drug-likeness (QED) is 0.688. The minimum atomic E-state index is -0.653. The van der Waals surface area contributed by atoms with Gasteiger partial charge < -0.3 is 15.4 Å². The molecule has 0 amide bonds. The first kappa shape index (κ1) is 13.4. The third-order valence-electron chi connectivity index (χ3n) is 3.24. The first-order valence-corrected chi connectivity index (χ1v) is 6.02. The number of methoxy groups -OCH3 is 1. The molecule has 1 aliphatic heterocycles. The van der Waals surface area contributed by atoms with Crippen molar-refractivity contribution in [1.82, 2.24) is 4.90 Å². The molecule has 2 N–H and O–H groups in total. The average Bonchev–Trinajstić information content (AvgIpc) is 2.72. The SMILES string of the molecule is COC1CCN(CCCCC(C)(N)C#N)C1. The van der Waals surface area contributed by atoms with Crippen LogP contribution in [0, 0.1) is 11.3 Å². The molecule has 92 valence electrons. The molecular formula is C12H23N3O. The fourth-order valence-electron chi connectivity index (χ4n) is 2.08. The lowest BCUT2D eigenvalue weighted by molar-refractivity contribution is 0.108. The molecule has 2 unspecified atom stereocenters. The van der Waals surface area contributed by atoms with Gasteiger partial charge in [-0.05, 0) is 39.2 Å². The van der Waals surface area contributed by atoms with Crippen LogP contribution in [-0.2, 0) is 4.74 Å². The predicted octanol–water partition coefficient (Wildman–Crippen LogP) is 1.12. The van der Waals surface area contributed by atoms with E-state index in [1.54, 1.807) is 14.0 Å². The van der Waals surface area contributed by atoms with Crippen molar-refractivity contribution in [3.8, 4) is 6.07 Å². The number of ether oxygens (including phenoxy) is 1. The van der Waals surface area contributed by atoms with Crippen LogP contribution < -0.4 is 5.73 Å². The second-order valence-corrected chi connectivity index (χ2v) is 4.93. The smallest absolute Gasteiger partial charge is 0.101 e. The number of nitrogens with two attached hydrogens (primary N) is 1. The van der Waals surface area contributed by atoms with Gasteiger partial charge in [0.1, 0.15) is 5.54 Å². The van der Waals surface area contributed by atoms with E-state index in [1.165, 1.54) is 0 Å². The number of hydrogen-bond acceptors (Lipinski definition) is 4. The molecule has 1 saturated heterocycles. The van der Waals surface area contributed by atoms with E-state index < -0.39 is 5.54 Å². The molecule has 0 bridgehead atoms.